The van der Waals surface area contributed by atoms with Gasteiger partial charge in [0.2, 0.25) is 5.89 Å². The lowest BCUT2D eigenvalue weighted by Crippen LogP contribution is -2.26. The SMILES string of the molecule is COc1ccc(C(NC(C)c2nc(C)no2)c2ccccc2)cc1. The van der Waals surface area contributed by atoms with Crippen molar-refractivity contribution in [1.29, 1.82) is 0 Å². The van der Waals surface area contributed by atoms with Crippen LogP contribution in [-0.2, 0) is 0 Å². The maximum absolute atomic E-state index is 5.29. The summed E-state index contributed by atoms with van der Waals surface area (Å²) in [7, 11) is 1.67. The normalized spacial score (nSPS) is 13.5. The number of aromatic nitrogens is 2. The summed E-state index contributed by atoms with van der Waals surface area (Å²) < 4.78 is 10.5. The zero-order chi connectivity index (χ0) is 16.9. The molecular weight excluding hydrogens is 302 g/mol. The second-order valence-electron chi connectivity index (χ2n) is 5.69. The Hall–Kier alpha value is -2.66. The molecule has 0 radical (unpaired) electrons. The third-order valence-corrected chi connectivity index (χ3v) is 3.91. The van der Waals surface area contributed by atoms with E-state index in [1.807, 2.05) is 44.2 Å². The van der Waals surface area contributed by atoms with Crippen LogP contribution >= 0.6 is 0 Å². The van der Waals surface area contributed by atoms with E-state index in [1.165, 1.54) is 5.56 Å². The van der Waals surface area contributed by atoms with E-state index in [4.69, 9.17) is 9.26 Å². The van der Waals surface area contributed by atoms with Gasteiger partial charge in [-0.2, -0.15) is 4.98 Å². The molecule has 0 saturated carbocycles. The topological polar surface area (TPSA) is 60.2 Å². The van der Waals surface area contributed by atoms with Crippen molar-refractivity contribution < 1.29 is 9.26 Å². The summed E-state index contributed by atoms with van der Waals surface area (Å²) in [4.78, 5) is 4.32. The van der Waals surface area contributed by atoms with Crippen molar-refractivity contribution in [2.45, 2.75) is 25.9 Å². The molecule has 1 aromatic heterocycles. The zero-order valence-electron chi connectivity index (χ0n) is 14.1. The Bertz CT molecular complexity index is 769. The Morgan fingerprint density at radius 2 is 1.67 bits per heavy atom. The highest BCUT2D eigenvalue weighted by atomic mass is 16.5. The first kappa shape index (κ1) is 16.2. The first-order chi connectivity index (χ1) is 11.7. The van der Waals surface area contributed by atoms with Crippen molar-refractivity contribution in [2.24, 2.45) is 0 Å². The molecule has 2 atom stereocenters. The Labute approximate surface area is 141 Å². The van der Waals surface area contributed by atoms with E-state index >= 15 is 0 Å². The van der Waals surface area contributed by atoms with Crippen LogP contribution in [0, 0.1) is 6.92 Å². The van der Waals surface area contributed by atoms with Crippen LogP contribution < -0.4 is 10.1 Å². The van der Waals surface area contributed by atoms with Gasteiger partial charge in [-0.25, -0.2) is 0 Å². The summed E-state index contributed by atoms with van der Waals surface area (Å²) >= 11 is 0. The van der Waals surface area contributed by atoms with Crippen LogP contribution in [0.2, 0.25) is 0 Å². The first-order valence-electron chi connectivity index (χ1n) is 7.92. The van der Waals surface area contributed by atoms with Crippen LogP contribution in [0.4, 0.5) is 0 Å². The molecule has 2 aromatic carbocycles. The number of benzene rings is 2. The number of hydrogen-bond acceptors (Lipinski definition) is 5. The molecule has 0 spiro atoms. The molecule has 0 aliphatic rings. The molecule has 124 valence electrons. The number of methoxy groups -OCH3 is 1. The van der Waals surface area contributed by atoms with E-state index in [0.717, 1.165) is 11.3 Å². The van der Waals surface area contributed by atoms with Gasteiger partial charge in [-0.3, -0.25) is 5.32 Å². The minimum atomic E-state index is -0.0708. The lowest BCUT2D eigenvalue weighted by molar-refractivity contribution is 0.329. The summed E-state index contributed by atoms with van der Waals surface area (Å²) in [6.07, 6.45) is 0. The predicted molar refractivity (Wildman–Crippen MR) is 91.9 cm³/mol. The van der Waals surface area contributed by atoms with E-state index in [0.29, 0.717) is 11.7 Å². The van der Waals surface area contributed by atoms with E-state index in [9.17, 15) is 0 Å². The second kappa shape index (κ2) is 7.27. The third kappa shape index (κ3) is 3.63. The Kier molecular flexibility index (Phi) is 4.91. The van der Waals surface area contributed by atoms with Crippen molar-refractivity contribution in [3.63, 3.8) is 0 Å². The molecule has 0 saturated heterocycles. The van der Waals surface area contributed by atoms with Crippen molar-refractivity contribution in [2.75, 3.05) is 7.11 Å². The van der Waals surface area contributed by atoms with Gasteiger partial charge in [-0.05, 0) is 37.1 Å². The second-order valence-corrected chi connectivity index (χ2v) is 5.69. The van der Waals surface area contributed by atoms with Crippen LogP contribution in [-0.4, -0.2) is 17.3 Å². The molecule has 0 aliphatic carbocycles. The summed E-state index contributed by atoms with van der Waals surface area (Å²) in [6.45, 7) is 3.84. The molecule has 0 fully saturated rings. The van der Waals surface area contributed by atoms with Crippen molar-refractivity contribution in [1.82, 2.24) is 15.5 Å². The standard InChI is InChI=1S/C19H21N3O2/c1-13(19-21-14(2)22-24-19)20-18(15-7-5-4-6-8-15)16-9-11-17(23-3)12-10-16/h4-13,18,20H,1-3H3. The van der Waals surface area contributed by atoms with Crippen LogP contribution in [0.5, 0.6) is 5.75 Å². The van der Waals surface area contributed by atoms with Gasteiger partial charge in [0.25, 0.3) is 0 Å². The highest BCUT2D eigenvalue weighted by molar-refractivity contribution is 5.35. The van der Waals surface area contributed by atoms with Crippen LogP contribution in [0.25, 0.3) is 0 Å². The molecule has 5 heteroatoms. The van der Waals surface area contributed by atoms with Crippen LogP contribution in [0.1, 0.15) is 41.8 Å². The number of ether oxygens (including phenoxy) is 1. The van der Waals surface area contributed by atoms with Crippen LogP contribution in [0.3, 0.4) is 0 Å². The molecule has 1 heterocycles. The average molecular weight is 323 g/mol. The number of hydrogen-bond donors (Lipinski definition) is 1. The zero-order valence-corrected chi connectivity index (χ0v) is 14.1. The van der Waals surface area contributed by atoms with Gasteiger partial charge in [0.1, 0.15) is 5.75 Å². The smallest absolute Gasteiger partial charge is 0.243 e. The van der Waals surface area contributed by atoms with E-state index in [-0.39, 0.29) is 12.1 Å². The minimum Gasteiger partial charge on any atom is -0.497 e. The Balaban J connectivity index is 1.89. The molecule has 5 nitrogen and oxygen atoms in total. The van der Waals surface area contributed by atoms with Gasteiger partial charge in [-0.1, -0.05) is 47.6 Å². The molecule has 24 heavy (non-hydrogen) atoms. The fraction of sp³-hybridized carbons (Fsp3) is 0.263. The first-order valence-corrected chi connectivity index (χ1v) is 7.92. The van der Waals surface area contributed by atoms with Gasteiger partial charge in [0, 0.05) is 0 Å². The van der Waals surface area contributed by atoms with E-state index in [1.54, 1.807) is 7.11 Å². The summed E-state index contributed by atoms with van der Waals surface area (Å²) in [5.74, 6) is 2.06. The lowest BCUT2D eigenvalue weighted by atomic mass is 9.98. The Morgan fingerprint density at radius 1 is 1.00 bits per heavy atom. The summed E-state index contributed by atoms with van der Waals surface area (Å²) in [5, 5.41) is 7.45. The fourth-order valence-corrected chi connectivity index (χ4v) is 2.64. The maximum Gasteiger partial charge on any atom is 0.243 e. The molecule has 1 N–H and O–H groups in total. The van der Waals surface area contributed by atoms with Gasteiger partial charge in [-0.15, -0.1) is 0 Å². The number of aryl methyl sites for hydroxylation is 1. The number of nitrogens with one attached hydrogen (secondary N) is 1. The minimum absolute atomic E-state index is 0.0133. The van der Waals surface area contributed by atoms with Crippen LogP contribution in [0.15, 0.2) is 59.1 Å². The molecule has 0 amide bonds. The summed E-state index contributed by atoms with van der Waals surface area (Å²) in [6, 6.07) is 18.3. The van der Waals surface area contributed by atoms with Crippen molar-refractivity contribution in [3.8, 4) is 5.75 Å². The molecule has 3 aromatic rings. The van der Waals surface area contributed by atoms with Gasteiger partial charge >= 0.3 is 0 Å². The fourth-order valence-electron chi connectivity index (χ4n) is 2.64. The van der Waals surface area contributed by atoms with E-state index in [2.05, 4.69) is 39.7 Å². The maximum atomic E-state index is 5.29. The predicted octanol–water partition coefficient (Wildman–Crippen LogP) is 3.83. The number of rotatable bonds is 6. The van der Waals surface area contributed by atoms with Gasteiger partial charge in [0.15, 0.2) is 5.82 Å². The quantitative estimate of drug-likeness (QED) is 0.747. The highest BCUT2D eigenvalue weighted by Gasteiger charge is 2.20. The Morgan fingerprint density at radius 3 is 2.25 bits per heavy atom. The average Bonchev–Trinajstić information content (AvgIpc) is 3.07. The largest absolute Gasteiger partial charge is 0.497 e. The van der Waals surface area contributed by atoms with Gasteiger partial charge in [0.05, 0.1) is 19.2 Å². The summed E-state index contributed by atoms with van der Waals surface area (Å²) in [5.41, 5.74) is 2.32. The molecule has 0 bridgehead atoms. The monoisotopic (exact) mass is 323 g/mol. The third-order valence-electron chi connectivity index (χ3n) is 3.91. The van der Waals surface area contributed by atoms with E-state index < -0.39 is 0 Å². The van der Waals surface area contributed by atoms with Crippen molar-refractivity contribution >= 4 is 0 Å². The van der Waals surface area contributed by atoms with Gasteiger partial charge < -0.3 is 9.26 Å². The molecule has 3 rings (SSSR count). The number of nitrogens with zero attached hydrogens (tertiary/aromatic N) is 2. The molecule has 0 aliphatic heterocycles. The molecule has 2 unspecified atom stereocenters. The lowest BCUT2D eigenvalue weighted by Gasteiger charge is -2.23. The molecular formula is C19H21N3O2. The van der Waals surface area contributed by atoms with Crippen molar-refractivity contribution in [3.05, 3.63) is 77.4 Å². The highest BCUT2D eigenvalue weighted by Crippen LogP contribution is 2.27.